The number of nitrogens with zero attached hydrogens (tertiary/aromatic N) is 1. The summed E-state index contributed by atoms with van der Waals surface area (Å²) < 4.78 is 0. The minimum atomic E-state index is -0.926. The third kappa shape index (κ3) is 4.90. The molecule has 1 aromatic heterocycles. The van der Waals surface area contributed by atoms with Crippen molar-refractivity contribution in [2.24, 2.45) is 0 Å². The fraction of sp³-hybridized carbons (Fsp3) is 0.500. The topological polar surface area (TPSA) is 95.1 Å². The molecule has 0 fully saturated rings. The number of aromatic amines is 1. The summed E-state index contributed by atoms with van der Waals surface area (Å²) in [6, 6.07) is 1.77. The molecule has 0 unspecified atom stereocenters. The van der Waals surface area contributed by atoms with Crippen molar-refractivity contribution in [2.45, 2.75) is 19.8 Å². The van der Waals surface area contributed by atoms with Gasteiger partial charge in [0.25, 0.3) is 0 Å². The maximum atomic E-state index is 11.4. The van der Waals surface area contributed by atoms with E-state index in [4.69, 9.17) is 5.11 Å². The number of aromatic nitrogens is 2. The molecular weight excluding hydrogens is 242 g/mol. The Morgan fingerprint density at radius 1 is 1.53 bits per heavy atom. The Morgan fingerprint density at radius 3 is 2.76 bits per heavy atom. The molecule has 7 heteroatoms. The van der Waals surface area contributed by atoms with Gasteiger partial charge in [-0.2, -0.15) is 5.10 Å². The molecule has 1 rings (SSSR count). The van der Waals surface area contributed by atoms with Gasteiger partial charge in [0, 0.05) is 11.8 Å². The fourth-order valence-electron chi connectivity index (χ4n) is 1.11. The lowest BCUT2D eigenvalue weighted by atomic mass is 10.1. The van der Waals surface area contributed by atoms with E-state index in [1.807, 2.05) is 13.8 Å². The summed E-state index contributed by atoms with van der Waals surface area (Å²) in [4.78, 5) is 21.6. The van der Waals surface area contributed by atoms with Crippen molar-refractivity contribution in [3.05, 3.63) is 11.8 Å². The Hall–Kier alpha value is -1.50. The first kappa shape index (κ1) is 13.6. The van der Waals surface area contributed by atoms with E-state index in [1.54, 1.807) is 6.07 Å². The van der Waals surface area contributed by atoms with Crippen molar-refractivity contribution in [2.75, 3.05) is 16.8 Å². The highest BCUT2D eigenvalue weighted by atomic mass is 32.2. The number of thioether (sulfide) groups is 1. The fourth-order valence-corrected chi connectivity index (χ4v) is 1.64. The van der Waals surface area contributed by atoms with Gasteiger partial charge in [0.15, 0.2) is 5.82 Å². The van der Waals surface area contributed by atoms with Crippen LogP contribution in [-0.2, 0) is 9.59 Å². The molecule has 0 radical (unpaired) electrons. The quantitative estimate of drug-likeness (QED) is 0.713. The first-order chi connectivity index (χ1) is 7.99. The summed E-state index contributed by atoms with van der Waals surface area (Å²) in [5.74, 6) is -0.367. The molecule has 0 aromatic carbocycles. The predicted octanol–water partition coefficient (Wildman–Crippen LogP) is 1.29. The zero-order valence-electron chi connectivity index (χ0n) is 9.69. The van der Waals surface area contributed by atoms with Crippen LogP contribution in [0.25, 0.3) is 0 Å². The molecule has 1 heterocycles. The monoisotopic (exact) mass is 257 g/mol. The number of anilines is 1. The second-order valence-electron chi connectivity index (χ2n) is 3.80. The maximum Gasteiger partial charge on any atom is 0.313 e. The number of amides is 1. The molecule has 0 aliphatic carbocycles. The number of carboxylic acid groups (broad SMARTS) is 1. The minimum absolute atomic E-state index is 0.0781. The number of carbonyl (C=O) groups excluding carboxylic acids is 1. The van der Waals surface area contributed by atoms with Gasteiger partial charge in [-0.25, -0.2) is 0 Å². The summed E-state index contributed by atoms with van der Waals surface area (Å²) in [7, 11) is 0. The number of carboxylic acids is 1. The van der Waals surface area contributed by atoms with Crippen LogP contribution in [0.3, 0.4) is 0 Å². The average Bonchev–Trinajstić information content (AvgIpc) is 2.65. The number of rotatable bonds is 6. The highest BCUT2D eigenvalue weighted by Crippen LogP contribution is 2.14. The van der Waals surface area contributed by atoms with Gasteiger partial charge in [-0.1, -0.05) is 13.8 Å². The lowest BCUT2D eigenvalue weighted by Gasteiger charge is -2.00. The predicted molar refractivity (Wildman–Crippen MR) is 66.3 cm³/mol. The van der Waals surface area contributed by atoms with Crippen LogP contribution in [0.2, 0.25) is 0 Å². The van der Waals surface area contributed by atoms with Gasteiger partial charge in [-0.05, 0) is 5.92 Å². The summed E-state index contributed by atoms with van der Waals surface area (Å²) in [6.45, 7) is 4.03. The van der Waals surface area contributed by atoms with Gasteiger partial charge >= 0.3 is 5.97 Å². The van der Waals surface area contributed by atoms with E-state index < -0.39 is 5.97 Å². The average molecular weight is 257 g/mol. The molecule has 94 valence electrons. The van der Waals surface area contributed by atoms with E-state index >= 15 is 0 Å². The molecule has 1 amide bonds. The smallest absolute Gasteiger partial charge is 0.313 e. The number of aliphatic carboxylic acids is 1. The standard InChI is InChI=1S/C10H15N3O3S/c1-6(2)7-3-8(13-12-7)11-9(14)4-17-5-10(15)16/h3,6H,4-5H2,1-2H3,(H,15,16)(H2,11,12,13,14). The lowest BCUT2D eigenvalue weighted by molar-refractivity contribution is -0.133. The number of H-pyrrole nitrogens is 1. The Bertz CT molecular complexity index is 403. The van der Waals surface area contributed by atoms with E-state index in [0.29, 0.717) is 11.7 Å². The minimum Gasteiger partial charge on any atom is -0.481 e. The van der Waals surface area contributed by atoms with E-state index in [2.05, 4.69) is 15.5 Å². The molecule has 0 saturated heterocycles. The van der Waals surface area contributed by atoms with Crippen molar-refractivity contribution < 1.29 is 14.7 Å². The second kappa shape index (κ2) is 6.29. The van der Waals surface area contributed by atoms with Crippen molar-refractivity contribution >= 4 is 29.5 Å². The molecule has 0 aliphatic heterocycles. The third-order valence-corrected chi connectivity index (χ3v) is 2.86. The molecule has 6 nitrogen and oxygen atoms in total. The normalized spacial score (nSPS) is 10.5. The van der Waals surface area contributed by atoms with Crippen LogP contribution in [-0.4, -0.2) is 38.7 Å². The van der Waals surface area contributed by atoms with Crippen LogP contribution in [0.4, 0.5) is 5.82 Å². The van der Waals surface area contributed by atoms with Crippen LogP contribution in [0.15, 0.2) is 6.07 Å². The van der Waals surface area contributed by atoms with Crippen molar-refractivity contribution in [1.82, 2.24) is 10.2 Å². The molecule has 3 N–H and O–H groups in total. The highest BCUT2D eigenvalue weighted by molar-refractivity contribution is 8.00. The lowest BCUT2D eigenvalue weighted by Crippen LogP contribution is -2.15. The van der Waals surface area contributed by atoms with Crippen molar-refractivity contribution in [3.63, 3.8) is 0 Å². The number of carbonyl (C=O) groups is 2. The first-order valence-corrected chi connectivity index (χ1v) is 6.29. The van der Waals surface area contributed by atoms with Crippen LogP contribution in [0.5, 0.6) is 0 Å². The molecule has 1 aromatic rings. The summed E-state index contributed by atoms with van der Waals surface area (Å²) in [5.41, 5.74) is 0.943. The van der Waals surface area contributed by atoms with E-state index in [1.165, 1.54) is 0 Å². The van der Waals surface area contributed by atoms with E-state index in [9.17, 15) is 9.59 Å². The first-order valence-electron chi connectivity index (χ1n) is 5.13. The van der Waals surface area contributed by atoms with Gasteiger partial charge in [-0.15, -0.1) is 11.8 Å². The summed E-state index contributed by atoms with van der Waals surface area (Å²) in [5, 5.41) is 17.8. The van der Waals surface area contributed by atoms with Crippen molar-refractivity contribution in [3.8, 4) is 0 Å². The number of hydrogen-bond acceptors (Lipinski definition) is 4. The SMILES string of the molecule is CC(C)c1cc(NC(=O)CSCC(=O)O)n[nH]1. The number of hydrogen-bond donors (Lipinski definition) is 3. The van der Waals surface area contributed by atoms with E-state index in [-0.39, 0.29) is 17.4 Å². The molecule has 0 atom stereocenters. The van der Waals surface area contributed by atoms with Gasteiger partial charge in [0.05, 0.1) is 11.5 Å². The summed E-state index contributed by atoms with van der Waals surface area (Å²) >= 11 is 1.05. The molecule has 0 spiro atoms. The van der Waals surface area contributed by atoms with Gasteiger partial charge < -0.3 is 10.4 Å². The Kier molecular flexibility index (Phi) is 5.02. The largest absolute Gasteiger partial charge is 0.481 e. The van der Waals surface area contributed by atoms with Crippen LogP contribution in [0, 0.1) is 0 Å². The molecule has 0 saturated carbocycles. The zero-order valence-corrected chi connectivity index (χ0v) is 10.5. The molecule has 0 bridgehead atoms. The van der Waals surface area contributed by atoms with Crippen LogP contribution in [0.1, 0.15) is 25.5 Å². The Balaban J connectivity index is 2.37. The molecule has 0 aliphatic rings. The molecular formula is C10H15N3O3S. The van der Waals surface area contributed by atoms with Gasteiger partial charge in [0.1, 0.15) is 0 Å². The van der Waals surface area contributed by atoms with Crippen LogP contribution < -0.4 is 5.32 Å². The zero-order chi connectivity index (χ0) is 12.8. The van der Waals surface area contributed by atoms with Crippen LogP contribution >= 0.6 is 11.8 Å². The van der Waals surface area contributed by atoms with Gasteiger partial charge in [-0.3, -0.25) is 14.7 Å². The highest BCUT2D eigenvalue weighted by Gasteiger charge is 2.08. The second-order valence-corrected chi connectivity index (χ2v) is 4.78. The third-order valence-electron chi connectivity index (χ3n) is 1.95. The summed E-state index contributed by atoms with van der Waals surface area (Å²) in [6.07, 6.45) is 0. The Morgan fingerprint density at radius 2 is 2.24 bits per heavy atom. The van der Waals surface area contributed by atoms with E-state index in [0.717, 1.165) is 17.5 Å². The van der Waals surface area contributed by atoms with Gasteiger partial charge in [0.2, 0.25) is 5.91 Å². The Labute approximate surface area is 103 Å². The van der Waals surface area contributed by atoms with Crippen molar-refractivity contribution in [1.29, 1.82) is 0 Å². The maximum absolute atomic E-state index is 11.4. The molecule has 17 heavy (non-hydrogen) atoms. The number of nitrogens with one attached hydrogen (secondary N) is 2.